The maximum absolute atomic E-state index is 11.0. The van der Waals surface area contributed by atoms with Gasteiger partial charge in [0.2, 0.25) is 0 Å². The van der Waals surface area contributed by atoms with Crippen molar-refractivity contribution in [3.8, 4) is 6.07 Å². The quantitative estimate of drug-likeness (QED) is 0.648. The normalized spacial score (nSPS) is 26.2. The largest absolute Gasteiger partial charge is 0.378 e. The van der Waals surface area contributed by atoms with Gasteiger partial charge in [-0.1, -0.05) is 0 Å². The van der Waals surface area contributed by atoms with E-state index in [1.165, 1.54) is 0 Å². The van der Waals surface area contributed by atoms with Gasteiger partial charge in [-0.15, -0.1) is 0 Å². The molecule has 0 radical (unpaired) electrons. The Labute approximate surface area is 78.7 Å². The summed E-state index contributed by atoms with van der Waals surface area (Å²) in [5.74, 6) is 0.542. The summed E-state index contributed by atoms with van der Waals surface area (Å²) in [5, 5.41) is 8.28. The molecule has 0 bridgehead atoms. The fraction of sp³-hybridized carbons (Fsp3) is 0.800. The molecule has 0 aromatic rings. The van der Waals surface area contributed by atoms with E-state index in [9.17, 15) is 4.79 Å². The second-order valence-electron chi connectivity index (χ2n) is 3.49. The van der Waals surface area contributed by atoms with Crippen molar-refractivity contribution >= 4 is 5.78 Å². The van der Waals surface area contributed by atoms with Crippen LogP contribution in [0.15, 0.2) is 0 Å². The summed E-state index contributed by atoms with van der Waals surface area (Å²) in [6.45, 7) is 2.73. The third kappa shape index (κ3) is 3.16. The maximum Gasteiger partial charge on any atom is 0.147 e. The topological polar surface area (TPSA) is 50.1 Å². The molecule has 72 valence electrons. The zero-order chi connectivity index (χ0) is 9.68. The first-order chi connectivity index (χ1) is 6.26. The van der Waals surface area contributed by atoms with Gasteiger partial charge in [-0.05, 0) is 25.7 Å². The van der Waals surface area contributed by atoms with E-state index in [0.29, 0.717) is 18.4 Å². The summed E-state index contributed by atoms with van der Waals surface area (Å²) in [6, 6.07) is 1.88. The molecule has 1 rings (SSSR count). The average molecular weight is 181 g/mol. The molecule has 0 heterocycles. The number of ketones is 1. The van der Waals surface area contributed by atoms with Crippen molar-refractivity contribution in [1.29, 1.82) is 5.26 Å². The van der Waals surface area contributed by atoms with Gasteiger partial charge in [-0.3, -0.25) is 4.79 Å². The van der Waals surface area contributed by atoms with E-state index in [0.717, 1.165) is 19.4 Å². The molecule has 0 unspecified atom stereocenters. The lowest BCUT2D eigenvalue weighted by Crippen LogP contribution is -2.32. The first-order valence-corrected chi connectivity index (χ1v) is 4.76. The number of carbonyl (C=O) groups is 1. The highest BCUT2D eigenvalue weighted by Crippen LogP contribution is 2.32. The van der Waals surface area contributed by atoms with E-state index < -0.39 is 0 Å². The number of hydrogen-bond donors (Lipinski definition) is 0. The first kappa shape index (κ1) is 10.2. The van der Waals surface area contributed by atoms with Gasteiger partial charge in [0.05, 0.1) is 18.6 Å². The number of nitriles is 1. The van der Waals surface area contributed by atoms with Gasteiger partial charge in [0.15, 0.2) is 0 Å². The Hall–Kier alpha value is -0.880. The van der Waals surface area contributed by atoms with Crippen LogP contribution < -0.4 is 0 Å². The smallest absolute Gasteiger partial charge is 0.147 e. The minimum absolute atomic E-state index is 0.0653. The fourth-order valence-corrected chi connectivity index (χ4v) is 1.70. The number of nitrogens with zero attached hydrogens (tertiary/aromatic N) is 1. The summed E-state index contributed by atoms with van der Waals surface area (Å²) in [4.78, 5) is 11.0. The predicted octanol–water partition coefficient (Wildman–Crippen LogP) is 1.67. The van der Waals surface area contributed by atoms with E-state index in [1.807, 2.05) is 13.0 Å². The number of ether oxygens (including phenoxy) is 1. The molecule has 0 N–H and O–H groups in total. The second kappa shape index (κ2) is 4.98. The van der Waals surface area contributed by atoms with E-state index in [1.54, 1.807) is 0 Å². The zero-order valence-electron chi connectivity index (χ0n) is 7.95. The van der Waals surface area contributed by atoms with Crippen LogP contribution in [0, 0.1) is 17.2 Å². The van der Waals surface area contributed by atoms with Crippen LogP contribution in [0.1, 0.15) is 32.6 Å². The van der Waals surface area contributed by atoms with Crippen molar-refractivity contribution in [3.05, 3.63) is 0 Å². The molecule has 13 heavy (non-hydrogen) atoms. The number of carbonyl (C=O) groups excluding carboxylic acids is 1. The van der Waals surface area contributed by atoms with Gasteiger partial charge in [0, 0.05) is 13.0 Å². The Morgan fingerprint density at radius 3 is 2.85 bits per heavy atom. The highest BCUT2D eigenvalue weighted by atomic mass is 16.5. The Balaban J connectivity index is 2.08. The van der Waals surface area contributed by atoms with Gasteiger partial charge < -0.3 is 4.74 Å². The molecule has 0 aromatic carbocycles. The summed E-state index contributed by atoms with van der Waals surface area (Å²) < 4.78 is 5.37. The van der Waals surface area contributed by atoms with Crippen molar-refractivity contribution in [2.45, 2.75) is 38.7 Å². The molecule has 0 saturated heterocycles. The van der Waals surface area contributed by atoms with Crippen LogP contribution in [0.2, 0.25) is 0 Å². The maximum atomic E-state index is 11.0. The molecule has 0 atom stereocenters. The van der Waals surface area contributed by atoms with Crippen molar-refractivity contribution < 1.29 is 9.53 Å². The summed E-state index contributed by atoms with van der Waals surface area (Å²) >= 11 is 0. The van der Waals surface area contributed by atoms with Crippen LogP contribution in [-0.4, -0.2) is 18.5 Å². The molecule has 3 heteroatoms. The molecule has 0 aromatic heterocycles. The first-order valence-electron chi connectivity index (χ1n) is 4.76. The van der Waals surface area contributed by atoms with Crippen molar-refractivity contribution in [2.24, 2.45) is 5.92 Å². The minimum Gasteiger partial charge on any atom is -0.378 e. The van der Waals surface area contributed by atoms with Crippen molar-refractivity contribution in [2.75, 3.05) is 6.61 Å². The molecule has 3 nitrogen and oxygen atoms in total. The highest BCUT2D eigenvalue weighted by molar-refractivity contribution is 5.80. The van der Waals surface area contributed by atoms with Gasteiger partial charge in [0.25, 0.3) is 0 Å². The van der Waals surface area contributed by atoms with E-state index in [2.05, 4.69) is 0 Å². The molecular weight excluding hydrogens is 166 g/mol. The van der Waals surface area contributed by atoms with Gasteiger partial charge >= 0.3 is 0 Å². The van der Waals surface area contributed by atoms with Gasteiger partial charge in [-0.25, -0.2) is 0 Å². The molecule has 0 spiro atoms. The van der Waals surface area contributed by atoms with Crippen molar-refractivity contribution in [1.82, 2.24) is 0 Å². The molecule has 0 aliphatic heterocycles. The summed E-state index contributed by atoms with van der Waals surface area (Å²) in [6.07, 6.45) is 2.98. The van der Waals surface area contributed by atoms with Crippen molar-refractivity contribution in [3.63, 3.8) is 0 Å². The van der Waals surface area contributed by atoms with Crippen LogP contribution in [0.25, 0.3) is 0 Å². The number of hydrogen-bond acceptors (Lipinski definition) is 3. The third-order valence-electron chi connectivity index (χ3n) is 2.39. The van der Waals surface area contributed by atoms with Crippen LogP contribution in [0.4, 0.5) is 0 Å². The van der Waals surface area contributed by atoms with Gasteiger partial charge in [0.1, 0.15) is 5.78 Å². The molecular formula is C10H15NO2. The molecule has 1 fully saturated rings. The standard InChI is InChI=1S/C10H15NO2/c1-2-13-10-6-8(7-10)5-9(12)3-4-11/h8,10H,2-3,5-7H2,1H3. The lowest BCUT2D eigenvalue weighted by atomic mass is 9.79. The third-order valence-corrected chi connectivity index (χ3v) is 2.39. The van der Waals surface area contributed by atoms with Crippen LogP contribution in [-0.2, 0) is 9.53 Å². The summed E-state index contributed by atoms with van der Waals surface area (Å²) in [7, 11) is 0. The predicted molar refractivity (Wildman–Crippen MR) is 48.0 cm³/mol. The molecule has 0 amide bonds. The minimum atomic E-state index is 0.0653. The molecule has 1 aliphatic rings. The van der Waals surface area contributed by atoms with E-state index in [4.69, 9.17) is 10.00 Å². The van der Waals surface area contributed by atoms with Crippen LogP contribution >= 0.6 is 0 Å². The highest BCUT2D eigenvalue weighted by Gasteiger charge is 2.30. The lowest BCUT2D eigenvalue weighted by molar-refractivity contribution is -0.121. The zero-order valence-corrected chi connectivity index (χ0v) is 7.95. The molecule has 1 saturated carbocycles. The van der Waals surface area contributed by atoms with Crippen LogP contribution in [0.3, 0.4) is 0 Å². The molecule has 1 aliphatic carbocycles. The number of Topliss-reactive ketones (excluding diaryl/α,β-unsaturated/α-hetero) is 1. The monoisotopic (exact) mass is 181 g/mol. The Bertz CT molecular complexity index is 213. The second-order valence-corrected chi connectivity index (χ2v) is 3.49. The van der Waals surface area contributed by atoms with E-state index in [-0.39, 0.29) is 12.2 Å². The SMILES string of the molecule is CCOC1CC(CC(=O)CC#N)C1. The Morgan fingerprint density at radius 1 is 1.62 bits per heavy atom. The lowest BCUT2D eigenvalue weighted by Gasteiger charge is -2.34. The van der Waals surface area contributed by atoms with Crippen LogP contribution in [0.5, 0.6) is 0 Å². The Kier molecular flexibility index (Phi) is 3.91. The van der Waals surface area contributed by atoms with E-state index >= 15 is 0 Å². The number of rotatable bonds is 5. The van der Waals surface area contributed by atoms with Gasteiger partial charge in [-0.2, -0.15) is 5.26 Å². The fourth-order valence-electron chi connectivity index (χ4n) is 1.70. The Morgan fingerprint density at radius 2 is 2.31 bits per heavy atom. The average Bonchev–Trinajstić information content (AvgIpc) is 2.01. The summed E-state index contributed by atoms with van der Waals surface area (Å²) in [5.41, 5.74) is 0.